The molecule has 10 rings (SSSR count). The molecule has 16 heteroatoms. The van der Waals surface area contributed by atoms with Crippen molar-refractivity contribution >= 4 is 29.5 Å². The number of nitrogens with one attached hydrogen (secondary N) is 1. The zero-order valence-corrected chi connectivity index (χ0v) is 35.4. The number of carboxylic acids is 1. The second-order valence-electron chi connectivity index (χ2n) is 16.3. The minimum absolute atomic E-state index is 0.0240. The summed E-state index contributed by atoms with van der Waals surface area (Å²) in [5.74, 6) is -2.35. The van der Waals surface area contributed by atoms with Crippen molar-refractivity contribution in [2.24, 2.45) is 0 Å². The van der Waals surface area contributed by atoms with Gasteiger partial charge in [-0.25, -0.2) is 34.7 Å². The van der Waals surface area contributed by atoms with E-state index in [0.29, 0.717) is 90.1 Å². The number of rotatable bonds is 10. The lowest BCUT2D eigenvalue weighted by atomic mass is 10.0. The number of Topliss-reactive ketones (excluding diaryl/α,β-unsaturated/α-hetero) is 1. The summed E-state index contributed by atoms with van der Waals surface area (Å²) in [6.07, 6.45) is 3.31. The van der Waals surface area contributed by atoms with Crippen LogP contribution in [-0.2, 0) is 53.7 Å². The maximum atomic E-state index is 14.1. The molecule has 2 N–H and O–H groups in total. The minimum Gasteiger partial charge on any atom is -0.478 e. The normalized spacial score (nSPS) is 16.5. The summed E-state index contributed by atoms with van der Waals surface area (Å²) in [5.41, 5.74) is 8.04. The molecule has 0 saturated carbocycles. The summed E-state index contributed by atoms with van der Waals surface area (Å²) in [7, 11) is 0. The lowest BCUT2D eigenvalue weighted by Crippen LogP contribution is -2.32. The Hall–Kier alpha value is -7.69. The molecule has 0 spiro atoms. The first kappa shape index (κ1) is 42.6. The highest BCUT2D eigenvalue weighted by molar-refractivity contribution is 6.12. The number of imide groups is 1. The zero-order valence-electron chi connectivity index (χ0n) is 35.4. The molecule has 6 aromatic rings. The van der Waals surface area contributed by atoms with Crippen LogP contribution in [0, 0.1) is 0 Å². The van der Waals surface area contributed by atoms with Gasteiger partial charge < -0.3 is 10.4 Å². The molecule has 14 bridgehead atoms. The van der Waals surface area contributed by atoms with Crippen LogP contribution in [0.2, 0.25) is 0 Å². The first-order chi connectivity index (χ1) is 31.6. The first-order valence-corrected chi connectivity index (χ1v) is 21.5. The van der Waals surface area contributed by atoms with E-state index >= 15 is 0 Å². The van der Waals surface area contributed by atoms with Gasteiger partial charge in [-0.2, -0.15) is 0 Å². The van der Waals surface area contributed by atoms with E-state index in [0.717, 1.165) is 27.7 Å². The van der Waals surface area contributed by atoms with Gasteiger partial charge in [0, 0.05) is 82.9 Å². The van der Waals surface area contributed by atoms with Crippen molar-refractivity contribution in [3.05, 3.63) is 155 Å². The summed E-state index contributed by atoms with van der Waals surface area (Å²) >= 11 is 0. The van der Waals surface area contributed by atoms with E-state index in [1.807, 2.05) is 72.8 Å². The predicted molar refractivity (Wildman–Crippen MR) is 237 cm³/mol. The number of pyridine rings is 6. The standard InChI is InChI=1S/C49H44N10O6/c60-45(15-5-19-50-46(61)16-6-20-59-47(62)17-18-48(59)63)31-21-37-29-57-25-33-7-1-11-39(51-33)41-13-3-9-35(53-41)27-58(30-38-22-32(49(64)65)24-44(56-38)43(23-31)55-37)28-36-10-4-14-42(54-36)40-12-2-8-34(26-57)52-40/h1-4,7-14,17-18,21-24H,5-6,15-16,19-20,25-30H2,(H,50,61)(H,64,65). The second-order valence-corrected chi connectivity index (χ2v) is 16.3. The van der Waals surface area contributed by atoms with Crippen LogP contribution in [0.15, 0.2) is 109 Å². The Morgan fingerprint density at radius 1 is 0.508 bits per heavy atom. The number of nitrogens with zero attached hydrogens (tertiary/aromatic N) is 9. The lowest BCUT2D eigenvalue weighted by Gasteiger charge is -2.24. The lowest BCUT2D eigenvalue weighted by molar-refractivity contribution is -0.137. The van der Waals surface area contributed by atoms with Crippen molar-refractivity contribution in [3.8, 4) is 34.2 Å². The minimum atomic E-state index is -1.13. The fourth-order valence-corrected chi connectivity index (χ4v) is 8.19. The summed E-state index contributed by atoms with van der Waals surface area (Å²) in [6.45, 7) is 2.39. The molecule has 326 valence electrons. The van der Waals surface area contributed by atoms with Gasteiger partial charge in [0.25, 0.3) is 11.8 Å². The monoisotopic (exact) mass is 868 g/mol. The highest BCUT2D eigenvalue weighted by Crippen LogP contribution is 2.26. The topological polar surface area (TPSA) is 205 Å². The number of ketones is 1. The molecule has 3 amide bonds. The van der Waals surface area contributed by atoms with Crippen molar-refractivity contribution in [3.63, 3.8) is 0 Å². The molecule has 0 fully saturated rings. The SMILES string of the molecule is O=C(CCCN1C(=O)C=CC1=O)NCCCC(=O)c1cc2nc(c1)-c1cc(C(=O)O)cc(n1)CN1Cc3cccc(n3)-c3cccc(n3)CN(Cc3cccc(n3)-c3cccc(n3)C1)C2. The number of aromatic carboxylic acids is 1. The smallest absolute Gasteiger partial charge is 0.335 e. The largest absolute Gasteiger partial charge is 0.478 e. The quantitative estimate of drug-likeness (QED) is 0.0982. The van der Waals surface area contributed by atoms with Crippen molar-refractivity contribution in [1.82, 2.24) is 49.9 Å². The molecule has 0 aromatic carbocycles. The molecular weight excluding hydrogens is 825 g/mol. The number of aromatic nitrogens is 6. The molecule has 65 heavy (non-hydrogen) atoms. The number of amides is 3. The van der Waals surface area contributed by atoms with Crippen molar-refractivity contribution < 1.29 is 29.1 Å². The first-order valence-electron chi connectivity index (χ1n) is 21.5. The number of carbonyl (C=O) groups excluding carboxylic acids is 4. The molecule has 10 heterocycles. The van der Waals surface area contributed by atoms with Crippen molar-refractivity contribution in [2.45, 2.75) is 65.0 Å². The molecule has 0 radical (unpaired) electrons. The van der Waals surface area contributed by atoms with Crippen LogP contribution < -0.4 is 5.32 Å². The van der Waals surface area contributed by atoms with Crippen LogP contribution in [-0.4, -0.2) is 92.3 Å². The van der Waals surface area contributed by atoms with E-state index in [1.165, 1.54) is 18.2 Å². The Morgan fingerprint density at radius 2 is 0.923 bits per heavy atom. The van der Waals surface area contributed by atoms with E-state index in [1.54, 1.807) is 18.2 Å². The Morgan fingerprint density at radius 3 is 1.38 bits per heavy atom. The average molecular weight is 869 g/mol. The van der Waals surface area contributed by atoms with Crippen molar-refractivity contribution in [2.75, 3.05) is 13.1 Å². The molecule has 0 saturated heterocycles. The predicted octanol–water partition coefficient (Wildman–Crippen LogP) is 5.57. The van der Waals surface area contributed by atoms with Gasteiger partial charge in [0.05, 0.1) is 73.9 Å². The highest BCUT2D eigenvalue weighted by Gasteiger charge is 2.24. The Labute approximate surface area is 374 Å². The van der Waals surface area contributed by atoms with Gasteiger partial charge in [-0.3, -0.25) is 33.9 Å². The van der Waals surface area contributed by atoms with Crippen molar-refractivity contribution in [1.29, 1.82) is 0 Å². The second kappa shape index (κ2) is 19.0. The van der Waals surface area contributed by atoms with Crippen LogP contribution in [0.25, 0.3) is 34.2 Å². The van der Waals surface area contributed by atoms with Gasteiger partial charge in [0.2, 0.25) is 5.91 Å². The molecule has 6 aromatic heterocycles. The van der Waals surface area contributed by atoms with Crippen LogP contribution >= 0.6 is 0 Å². The van der Waals surface area contributed by atoms with Gasteiger partial charge in [0.15, 0.2) is 5.78 Å². The third kappa shape index (κ3) is 10.4. The molecule has 16 nitrogen and oxygen atoms in total. The molecule has 4 aliphatic rings. The van der Waals surface area contributed by atoms with E-state index in [2.05, 4.69) is 15.1 Å². The third-order valence-electron chi connectivity index (χ3n) is 11.2. The maximum absolute atomic E-state index is 14.1. The fraction of sp³-hybridized carbons (Fsp3) is 0.245. The van der Waals surface area contributed by atoms with Crippen LogP contribution in [0.3, 0.4) is 0 Å². The van der Waals surface area contributed by atoms with Gasteiger partial charge in [-0.1, -0.05) is 24.3 Å². The third-order valence-corrected chi connectivity index (χ3v) is 11.2. The number of carboxylic acid groups (broad SMARTS) is 1. The van der Waals surface area contributed by atoms with Gasteiger partial charge in [-0.05, 0) is 85.6 Å². The Bertz CT molecular complexity index is 2770. The van der Waals surface area contributed by atoms with Crippen LogP contribution in [0.1, 0.15) is 80.6 Å². The van der Waals surface area contributed by atoms with E-state index in [4.69, 9.17) is 29.9 Å². The molecular formula is C49H44N10O6. The summed E-state index contributed by atoms with van der Waals surface area (Å²) in [4.78, 5) is 98.7. The Balaban J connectivity index is 1.08. The number of hydrogen-bond donors (Lipinski definition) is 2. The number of hydrogen-bond acceptors (Lipinski definition) is 13. The van der Waals surface area contributed by atoms with Crippen LogP contribution in [0.4, 0.5) is 0 Å². The maximum Gasteiger partial charge on any atom is 0.335 e. The summed E-state index contributed by atoms with van der Waals surface area (Å²) in [5, 5.41) is 13.2. The molecule has 0 atom stereocenters. The van der Waals surface area contributed by atoms with E-state index in [-0.39, 0.29) is 68.1 Å². The Kier molecular flexibility index (Phi) is 12.4. The van der Waals surface area contributed by atoms with E-state index in [9.17, 15) is 29.1 Å². The highest BCUT2D eigenvalue weighted by atomic mass is 16.4. The summed E-state index contributed by atoms with van der Waals surface area (Å²) < 4.78 is 0. The fourth-order valence-electron chi connectivity index (χ4n) is 8.19. The van der Waals surface area contributed by atoms with Crippen LogP contribution in [0.5, 0.6) is 0 Å². The van der Waals surface area contributed by atoms with E-state index < -0.39 is 5.97 Å². The van der Waals surface area contributed by atoms with Gasteiger partial charge >= 0.3 is 5.97 Å². The number of carbonyl (C=O) groups is 5. The molecule has 0 aliphatic carbocycles. The summed E-state index contributed by atoms with van der Waals surface area (Å²) in [6, 6.07) is 29.9. The molecule has 0 unspecified atom stereocenters. The van der Waals surface area contributed by atoms with Gasteiger partial charge in [-0.15, -0.1) is 0 Å². The average Bonchev–Trinajstić information content (AvgIpc) is 3.62. The zero-order chi connectivity index (χ0) is 44.9. The van der Waals surface area contributed by atoms with Gasteiger partial charge in [0.1, 0.15) is 0 Å². The molecule has 4 aliphatic heterocycles.